The van der Waals surface area contributed by atoms with Crippen molar-refractivity contribution in [3.05, 3.63) is 25.3 Å². The lowest BCUT2D eigenvalue weighted by molar-refractivity contribution is -0.149. The largest absolute Gasteiger partial charge is 0.460 e. The van der Waals surface area contributed by atoms with Crippen LogP contribution in [-0.2, 0) is 28.5 Å². The molecule has 18 heavy (non-hydrogen) atoms. The molecule has 0 radical (unpaired) electrons. The molecule has 0 N–H and O–H groups in total. The average Bonchev–Trinajstić information content (AvgIpc) is 3.20. The van der Waals surface area contributed by atoms with E-state index in [1.54, 1.807) is 0 Å². The van der Waals surface area contributed by atoms with Gasteiger partial charge in [-0.25, -0.2) is 9.59 Å². The standard InChI is InChI=1S/C12H16O6/c1-3-11(13)17-7-10(8-18-12(14)4-2)16-6-9-5-15-9/h3-4,9-10H,1-2,5-8H2. The summed E-state index contributed by atoms with van der Waals surface area (Å²) >= 11 is 0. The molecule has 6 heteroatoms. The van der Waals surface area contributed by atoms with Crippen LogP contribution < -0.4 is 0 Å². The van der Waals surface area contributed by atoms with Crippen molar-refractivity contribution >= 4 is 11.9 Å². The SMILES string of the molecule is C=CC(=O)OCC(COC(=O)C=C)OCC1CO1. The number of carbonyl (C=O) groups excluding carboxylic acids is 2. The number of esters is 2. The Morgan fingerprint density at radius 3 is 2.11 bits per heavy atom. The Labute approximate surface area is 105 Å². The van der Waals surface area contributed by atoms with E-state index in [2.05, 4.69) is 13.2 Å². The third-order valence-corrected chi connectivity index (χ3v) is 2.08. The van der Waals surface area contributed by atoms with E-state index in [0.29, 0.717) is 13.2 Å². The Hall–Kier alpha value is -1.66. The molecule has 100 valence electrons. The summed E-state index contributed by atoms with van der Waals surface area (Å²) in [6.45, 7) is 7.56. The van der Waals surface area contributed by atoms with E-state index < -0.39 is 18.0 Å². The van der Waals surface area contributed by atoms with Crippen LogP contribution in [0.15, 0.2) is 25.3 Å². The first-order valence-electron chi connectivity index (χ1n) is 5.47. The van der Waals surface area contributed by atoms with E-state index in [0.717, 1.165) is 12.2 Å². The fraction of sp³-hybridized carbons (Fsp3) is 0.500. The maximum Gasteiger partial charge on any atom is 0.330 e. The Kier molecular flexibility index (Phi) is 6.10. The summed E-state index contributed by atoms with van der Waals surface area (Å²) in [6, 6.07) is 0. The van der Waals surface area contributed by atoms with Crippen LogP contribution in [0.3, 0.4) is 0 Å². The molecule has 0 saturated carbocycles. The molecule has 0 aromatic heterocycles. The molecule has 1 saturated heterocycles. The first-order valence-corrected chi connectivity index (χ1v) is 5.47. The summed E-state index contributed by atoms with van der Waals surface area (Å²) in [5, 5.41) is 0. The fourth-order valence-electron chi connectivity index (χ4n) is 1.02. The zero-order valence-corrected chi connectivity index (χ0v) is 10.0. The zero-order valence-electron chi connectivity index (χ0n) is 10.0. The van der Waals surface area contributed by atoms with Gasteiger partial charge in [-0.2, -0.15) is 0 Å². The van der Waals surface area contributed by atoms with E-state index >= 15 is 0 Å². The number of hydrogen-bond acceptors (Lipinski definition) is 6. The maximum atomic E-state index is 10.9. The number of hydrogen-bond donors (Lipinski definition) is 0. The zero-order chi connectivity index (χ0) is 13.4. The Bertz CT molecular complexity index is 297. The molecule has 1 rings (SSSR count). The van der Waals surface area contributed by atoms with Gasteiger partial charge in [0.2, 0.25) is 0 Å². The van der Waals surface area contributed by atoms with Gasteiger partial charge < -0.3 is 18.9 Å². The molecule has 1 unspecified atom stereocenters. The Morgan fingerprint density at radius 1 is 1.22 bits per heavy atom. The van der Waals surface area contributed by atoms with Crippen LogP contribution in [0.4, 0.5) is 0 Å². The van der Waals surface area contributed by atoms with Gasteiger partial charge in [-0.05, 0) is 0 Å². The first kappa shape index (κ1) is 14.4. The second kappa shape index (κ2) is 7.62. The van der Waals surface area contributed by atoms with Gasteiger partial charge in [0, 0.05) is 12.2 Å². The fourth-order valence-corrected chi connectivity index (χ4v) is 1.02. The summed E-state index contributed by atoms with van der Waals surface area (Å²) < 4.78 is 20.1. The molecule has 1 aliphatic heterocycles. The molecular weight excluding hydrogens is 240 g/mol. The lowest BCUT2D eigenvalue weighted by atomic mass is 10.4. The number of carbonyl (C=O) groups is 2. The minimum absolute atomic E-state index is 0.0119. The minimum atomic E-state index is -0.554. The quantitative estimate of drug-likeness (QED) is 0.334. The van der Waals surface area contributed by atoms with E-state index in [-0.39, 0.29) is 19.3 Å². The number of epoxide rings is 1. The summed E-state index contributed by atoms with van der Waals surface area (Å²) in [6.07, 6.45) is 1.66. The monoisotopic (exact) mass is 256 g/mol. The highest BCUT2D eigenvalue weighted by Gasteiger charge is 2.25. The van der Waals surface area contributed by atoms with Crippen LogP contribution in [0.2, 0.25) is 0 Å². The van der Waals surface area contributed by atoms with E-state index in [1.165, 1.54) is 0 Å². The predicted molar refractivity (Wildman–Crippen MR) is 61.8 cm³/mol. The van der Waals surface area contributed by atoms with Crippen molar-refractivity contribution in [3.63, 3.8) is 0 Å². The molecule has 0 aromatic carbocycles. The second-order valence-corrected chi connectivity index (χ2v) is 3.58. The molecule has 0 spiro atoms. The van der Waals surface area contributed by atoms with Crippen molar-refractivity contribution < 1.29 is 28.5 Å². The molecular formula is C12H16O6. The Balaban J connectivity index is 2.29. The van der Waals surface area contributed by atoms with E-state index in [9.17, 15) is 9.59 Å². The molecule has 1 aliphatic rings. The van der Waals surface area contributed by atoms with Crippen molar-refractivity contribution in [3.8, 4) is 0 Å². The molecule has 1 heterocycles. The summed E-state index contributed by atoms with van der Waals surface area (Å²) in [4.78, 5) is 21.8. The number of rotatable bonds is 9. The van der Waals surface area contributed by atoms with Crippen LogP contribution in [0.5, 0.6) is 0 Å². The van der Waals surface area contributed by atoms with Gasteiger partial charge in [0.15, 0.2) is 0 Å². The molecule has 0 amide bonds. The lowest BCUT2D eigenvalue weighted by Gasteiger charge is -2.16. The van der Waals surface area contributed by atoms with Gasteiger partial charge in [0.1, 0.15) is 25.4 Å². The molecule has 1 fully saturated rings. The van der Waals surface area contributed by atoms with Gasteiger partial charge in [-0.3, -0.25) is 0 Å². The topological polar surface area (TPSA) is 74.4 Å². The van der Waals surface area contributed by atoms with Gasteiger partial charge in [0.05, 0.1) is 13.2 Å². The van der Waals surface area contributed by atoms with Crippen molar-refractivity contribution in [2.75, 3.05) is 26.4 Å². The highest BCUT2D eigenvalue weighted by molar-refractivity contribution is 5.81. The highest BCUT2D eigenvalue weighted by Crippen LogP contribution is 2.10. The van der Waals surface area contributed by atoms with Gasteiger partial charge >= 0.3 is 11.9 Å². The molecule has 0 aromatic rings. The van der Waals surface area contributed by atoms with Crippen LogP contribution in [0.25, 0.3) is 0 Å². The minimum Gasteiger partial charge on any atom is -0.460 e. The third-order valence-electron chi connectivity index (χ3n) is 2.08. The van der Waals surface area contributed by atoms with Crippen molar-refractivity contribution in [2.45, 2.75) is 12.2 Å². The van der Waals surface area contributed by atoms with Crippen molar-refractivity contribution in [1.82, 2.24) is 0 Å². The molecule has 1 atom stereocenters. The van der Waals surface area contributed by atoms with Crippen LogP contribution in [0.1, 0.15) is 0 Å². The highest BCUT2D eigenvalue weighted by atomic mass is 16.6. The summed E-state index contributed by atoms with van der Waals surface area (Å²) in [7, 11) is 0. The summed E-state index contributed by atoms with van der Waals surface area (Å²) in [5.74, 6) is -1.11. The van der Waals surface area contributed by atoms with E-state index in [1.807, 2.05) is 0 Å². The normalized spacial score (nSPS) is 17.1. The lowest BCUT2D eigenvalue weighted by Crippen LogP contribution is -2.29. The predicted octanol–water partition coefficient (Wildman–Crippen LogP) is 0.229. The van der Waals surface area contributed by atoms with Crippen LogP contribution in [-0.4, -0.2) is 50.6 Å². The first-order chi connectivity index (χ1) is 8.65. The third kappa shape index (κ3) is 6.17. The molecule has 6 nitrogen and oxygen atoms in total. The van der Waals surface area contributed by atoms with Crippen LogP contribution in [0, 0.1) is 0 Å². The van der Waals surface area contributed by atoms with Gasteiger partial charge in [-0.1, -0.05) is 13.2 Å². The van der Waals surface area contributed by atoms with Crippen molar-refractivity contribution in [1.29, 1.82) is 0 Å². The van der Waals surface area contributed by atoms with Gasteiger partial charge in [0.25, 0.3) is 0 Å². The van der Waals surface area contributed by atoms with Gasteiger partial charge in [-0.15, -0.1) is 0 Å². The Morgan fingerprint density at radius 2 is 1.72 bits per heavy atom. The van der Waals surface area contributed by atoms with Crippen LogP contribution >= 0.6 is 0 Å². The smallest absolute Gasteiger partial charge is 0.330 e. The van der Waals surface area contributed by atoms with E-state index in [4.69, 9.17) is 18.9 Å². The van der Waals surface area contributed by atoms with Crippen molar-refractivity contribution in [2.24, 2.45) is 0 Å². The second-order valence-electron chi connectivity index (χ2n) is 3.58. The maximum absolute atomic E-state index is 10.9. The number of ether oxygens (including phenoxy) is 4. The molecule has 0 aliphatic carbocycles. The summed E-state index contributed by atoms with van der Waals surface area (Å²) in [5.41, 5.74) is 0. The average molecular weight is 256 g/mol. The molecule has 0 bridgehead atoms.